The number of hydrogen-bond donors (Lipinski definition) is 1. The Bertz CT molecular complexity index is 779. The minimum absolute atomic E-state index is 0.276. The summed E-state index contributed by atoms with van der Waals surface area (Å²) < 4.78 is 0. The van der Waals surface area contributed by atoms with Gasteiger partial charge in [0.15, 0.2) is 6.10 Å². The van der Waals surface area contributed by atoms with Crippen molar-refractivity contribution in [3.05, 3.63) is 60.2 Å². The van der Waals surface area contributed by atoms with E-state index in [1.165, 1.54) is 0 Å². The fourth-order valence-electron chi connectivity index (χ4n) is 3.27. The highest BCUT2D eigenvalue weighted by Gasteiger charge is 2.56. The predicted molar refractivity (Wildman–Crippen MR) is 91.4 cm³/mol. The first-order valence-corrected chi connectivity index (χ1v) is 8.91. The van der Waals surface area contributed by atoms with Gasteiger partial charge in [0, 0.05) is 4.90 Å². The molecule has 24 heavy (non-hydrogen) atoms. The first-order chi connectivity index (χ1) is 11.7. The zero-order valence-electron chi connectivity index (χ0n) is 13.0. The molecule has 2 heterocycles. The molecule has 2 amide bonds. The molecule has 2 aliphatic rings. The molecule has 6 heteroatoms. The molecule has 5 nitrogen and oxygen atoms in total. The average Bonchev–Trinajstić information content (AvgIpc) is 3.14. The number of nitrogens with zero attached hydrogens (tertiary/aromatic N) is 1. The summed E-state index contributed by atoms with van der Waals surface area (Å²) in [4.78, 5) is 31.4. The van der Waals surface area contributed by atoms with Crippen molar-refractivity contribution in [1.82, 2.24) is 5.32 Å². The van der Waals surface area contributed by atoms with Crippen LogP contribution in [0.1, 0.15) is 11.6 Å². The molecular formula is C18H16N2O3S. The van der Waals surface area contributed by atoms with Crippen molar-refractivity contribution in [3.8, 4) is 0 Å². The third-order valence-electron chi connectivity index (χ3n) is 4.42. The largest absolute Gasteiger partial charge is 0.294 e. The van der Waals surface area contributed by atoms with Gasteiger partial charge in [-0.2, -0.15) is 0 Å². The van der Waals surface area contributed by atoms with Crippen LogP contribution < -0.4 is 10.4 Å². The van der Waals surface area contributed by atoms with Gasteiger partial charge < -0.3 is 0 Å². The summed E-state index contributed by atoms with van der Waals surface area (Å²) in [5.74, 6) is -1.19. The zero-order chi connectivity index (χ0) is 16.7. The summed E-state index contributed by atoms with van der Waals surface area (Å²) in [5, 5.41) is 4.07. The van der Waals surface area contributed by atoms with Gasteiger partial charge in [0.25, 0.3) is 5.91 Å². The molecule has 0 aliphatic carbocycles. The van der Waals surface area contributed by atoms with Gasteiger partial charge in [0.05, 0.1) is 11.7 Å². The van der Waals surface area contributed by atoms with Crippen LogP contribution in [0.25, 0.3) is 0 Å². The van der Waals surface area contributed by atoms with Crippen LogP contribution in [0, 0.1) is 5.92 Å². The van der Waals surface area contributed by atoms with Crippen molar-refractivity contribution >= 4 is 29.3 Å². The third-order valence-corrected chi connectivity index (χ3v) is 5.17. The van der Waals surface area contributed by atoms with Crippen LogP contribution in [0.3, 0.4) is 0 Å². The number of carbonyl (C=O) groups is 2. The minimum Gasteiger partial charge on any atom is -0.294 e. The van der Waals surface area contributed by atoms with Gasteiger partial charge in [-0.25, -0.2) is 5.06 Å². The van der Waals surface area contributed by atoms with Gasteiger partial charge in [-0.1, -0.05) is 30.3 Å². The summed E-state index contributed by atoms with van der Waals surface area (Å²) in [5.41, 5.74) is 1.78. The van der Waals surface area contributed by atoms with Crippen molar-refractivity contribution in [2.45, 2.75) is 17.0 Å². The number of fused-ring (bicyclic) bond motifs is 1. The number of benzene rings is 2. The molecule has 2 aromatic rings. The Hall–Kier alpha value is -2.31. The first kappa shape index (κ1) is 15.2. The fraction of sp³-hybridized carbons (Fsp3) is 0.222. The van der Waals surface area contributed by atoms with Crippen LogP contribution in [0.5, 0.6) is 0 Å². The second-order valence-corrected chi connectivity index (χ2v) is 6.66. The smallest absolute Gasteiger partial charge is 0.259 e. The van der Waals surface area contributed by atoms with E-state index in [2.05, 4.69) is 5.32 Å². The Kier molecular flexibility index (Phi) is 3.78. The lowest BCUT2D eigenvalue weighted by atomic mass is 9.90. The number of imide groups is 1. The lowest BCUT2D eigenvalue weighted by molar-refractivity contribution is -0.129. The molecule has 2 saturated heterocycles. The number of rotatable bonds is 3. The van der Waals surface area contributed by atoms with E-state index < -0.39 is 12.0 Å². The van der Waals surface area contributed by atoms with Gasteiger partial charge in [0.1, 0.15) is 5.92 Å². The van der Waals surface area contributed by atoms with E-state index in [9.17, 15) is 9.59 Å². The van der Waals surface area contributed by atoms with Crippen LogP contribution in [-0.2, 0) is 14.4 Å². The zero-order valence-corrected chi connectivity index (χ0v) is 13.8. The molecule has 0 spiro atoms. The summed E-state index contributed by atoms with van der Waals surface area (Å²) in [6.07, 6.45) is 1.24. The minimum atomic E-state index is -0.775. The third kappa shape index (κ3) is 2.39. The standard InChI is InChI=1S/C18H16N2O3S/c1-24-13-9-7-11(8-10-13)15-14-16(18(22)19-17(14)21)23-20(15)12-5-3-2-4-6-12/h2-10,14-16H,1H3,(H,19,21,22). The lowest BCUT2D eigenvalue weighted by Gasteiger charge is -2.27. The molecule has 4 rings (SSSR count). The highest BCUT2D eigenvalue weighted by Crippen LogP contribution is 2.44. The molecule has 0 aromatic heterocycles. The number of para-hydroxylation sites is 1. The Balaban J connectivity index is 1.78. The van der Waals surface area contributed by atoms with Crippen LogP contribution in [0.4, 0.5) is 5.69 Å². The van der Waals surface area contributed by atoms with Gasteiger partial charge in [-0.15, -0.1) is 11.8 Å². The number of amides is 2. The maximum atomic E-state index is 12.3. The van der Waals surface area contributed by atoms with Crippen LogP contribution in [-0.4, -0.2) is 24.2 Å². The van der Waals surface area contributed by atoms with E-state index in [0.29, 0.717) is 0 Å². The molecule has 0 saturated carbocycles. The number of thioether (sulfide) groups is 1. The Morgan fingerprint density at radius 2 is 1.71 bits per heavy atom. The average molecular weight is 340 g/mol. The number of carbonyl (C=O) groups excluding carboxylic acids is 2. The van der Waals surface area contributed by atoms with Gasteiger partial charge in [0.2, 0.25) is 5.91 Å². The highest BCUT2D eigenvalue weighted by molar-refractivity contribution is 7.98. The molecule has 0 radical (unpaired) electrons. The highest BCUT2D eigenvalue weighted by atomic mass is 32.2. The maximum absolute atomic E-state index is 12.3. The normalized spacial score (nSPS) is 25.7. The maximum Gasteiger partial charge on any atom is 0.259 e. The van der Waals surface area contributed by atoms with Crippen LogP contribution in [0.15, 0.2) is 59.5 Å². The monoisotopic (exact) mass is 340 g/mol. The quantitative estimate of drug-likeness (QED) is 0.687. The molecule has 3 unspecified atom stereocenters. The number of hydroxylamine groups is 1. The Labute approximate surface area is 143 Å². The van der Waals surface area contributed by atoms with Crippen LogP contribution >= 0.6 is 11.8 Å². The van der Waals surface area contributed by atoms with Gasteiger partial charge in [-0.05, 0) is 36.1 Å². The molecule has 3 atom stereocenters. The summed E-state index contributed by atoms with van der Waals surface area (Å²) >= 11 is 1.66. The van der Waals surface area contributed by atoms with E-state index in [1.54, 1.807) is 16.8 Å². The van der Waals surface area contributed by atoms with Gasteiger partial charge >= 0.3 is 0 Å². The summed E-state index contributed by atoms with van der Waals surface area (Å²) in [6.45, 7) is 0. The van der Waals surface area contributed by atoms with Crippen molar-refractivity contribution in [2.24, 2.45) is 5.92 Å². The fourth-order valence-corrected chi connectivity index (χ4v) is 3.68. The van der Waals surface area contributed by atoms with E-state index >= 15 is 0 Å². The van der Waals surface area contributed by atoms with E-state index in [1.807, 2.05) is 60.9 Å². The van der Waals surface area contributed by atoms with E-state index in [-0.39, 0.29) is 17.9 Å². The predicted octanol–water partition coefficient (Wildman–Crippen LogP) is 2.54. The molecule has 2 fully saturated rings. The van der Waals surface area contributed by atoms with Crippen molar-refractivity contribution < 1.29 is 14.4 Å². The van der Waals surface area contributed by atoms with Crippen LogP contribution in [0.2, 0.25) is 0 Å². The molecule has 1 N–H and O–H groups in total. The second-order valence-electron chi connectivity index (χ2n) is 5.78. The number of nitrogens with one attached hydrogen (secondary N) is 1. The molecule has 2 aromatic carbocycles. The Morgan fingerprint density at radius 3 is 2.38 bits per heavy atom. The number of hydrogen-bond acceptors (Lipinski definition) is 5. The molecule has 0 bridgehead atoms. The summed E-state index contributed by atoms with van der Waals surface area (Å²) in [7, 11) is 0. The summed E-state index contributed by atoms with van der Waals surface area (Å²) in [6, 6.07) is 17.2. The van der Waals surface area contributed by atoms with Crippen molar-refractivity contribution in [2.75, 3.05) is 11.3 Å². The molecule has 2 aliphatic heterocycles. The first-order valence-electron chi connectivity index (χ1n) is 7.69. The SMILES string of the molecule is CSc1ccc(C2C3C(=O)NC(=O)C3ON2c2ccccc2)cc1. The van der Waals surface area contributed by atoms with Crippen molar-refractivity contribution in [1.29, 1.82) is 0 Å². The van der Waals surface area contributed by atoms with E-state index in [4.69, 9.17) is 4.84 Å². The van der Waals surface area contributed by atoms with Crippen molar-refractivity contribution in [3.63, 3.8) is 0 Å². The molecular weight excluding hydrogens is 324 g/mol. The molecule has 122 valence electrons. The number of anilines is 1. The lowest BCUT2D eigenvalue weighted by Crippen LogP contribution is -2.33. The Morgan fingerprint density at radius 1 is 1.00 bits per heavy atom. The van der Waals surface area contributed by atoms with Gasteiger partial charge in [-0.3, -0.25) is 19.7 Å². The topological polar surface area (TPSA) is 58.6 Å². The second kappa shape index (κ2) is 5.96. The van der Waals surface area contributed by atoms with E-state index in [0.717, 1.165) is 16.1 Å².